The van der Waals surface area contributed by atoms with Crippen LogP contribution in [0.2, 0.25) is 10.0 Å². The van der Waals surface area contributed by atoms with Crippen LogP contribution in [0, 0.1) is 0 Å². The Balaban J connectivity index is 2.09. The molecule has 0 bridgehead atoms. The second-order valence-electron chi connectivity index (χ2n) is 5.80. The van der Waals surface area contributed by atoms with Gasteiger partial charge in [0.2, 0.25) is 0 Å². The number of benzene rings is 2. The number of amides is 2. The van der Waals surface area contributed by atoms with Crippen LogP contribution in [0.3, 0.4) is 0 Å². The van der Waals surface area contributed by atoms with E-state index in [4.69, 9.17) is 23.2 Å². The van der Waals surface area contributed by atoms with Gasteiger partial charge in [-0.3, -0.25) is 9.59 Å². The molecule has 128 valence electrons. The Hall–Kier alpha value is -1.75. The Morgan fingerprint density at radius 1 is 0.840 bits per heavy atom. The van der Waals surface area contributed by atoms with E-state index in [0.717, 1.165) is 0 Å². The van der Waals surface area contributed by atoms with E-state index in [2.05, 4.69) is 0 Å². The number of hydrogen-bond donors (Lipinski definition) is 0. The van der Waals surface area contributed by atoms with E-state index in [0.29, 0.717) is 31.8 Å². The number of thioether (sulfide) groups is 1. The van der Waals surface area contributed by atoms with Gasteiger partial charge in [0.15, 0.2) is 0 Å². The lowest BCUT2D eigenvalue weighted by atomic mass is 10.1. The maximum Gasteiger partial charge on any atom is 0.272 e. The van der Waals surface area contributed by atoms with Gasteiger partial charge >= 0.3 is 0 Å². The lowest BCUT2D eigenvalue weighted by Crippen LogP contribution is -2.31. The van der Waals surface area contributed by atoms with Crippen molar-refractivity contribution in [2.45, 2.75) is 19.1 Å². The Labute approximate surface area is 160 Å². The fraction of sp³-hybridized carbons (Fsp3) is 0.158. The zero-order chi connectivity index (χ0) is 18.1. The van der Waals surface area contributed by atoms with Crippen molar-refractivity contribution in [3.05, 3.63) is 69.0 Å². The van der Waals surface area contributed by atoms with Crippen LogP contribution < -0.4 is 4.90 Å². The molecule has 3 rings (SSSR count). The Bertz CT molecular complexity index is 858. The minimum Gasteiger partial charge on any atom is -0.268 e. The average molecular weight is 392 g/mol. The van der Waals surface area contributed by atoms with Gasteiger partial charge < -0.3 is 0 Å². The van der Waals surface area contributed by atoms with Crippen molar-refractivity contribution in [2.75, 3.05) is 4.90 Å². The topological polar surface area (TPSA) is 37.4 Å². The highest BCUT2D eigenvalue weighted by Gasteiger charge is 2.40. The van der Waals surface area contributed by atoms with Crippen molar-refractivity contribution >= 4 is 58.0 Å². The molecule has 1 aliphatic heterocycles. The third kappa shape index (κ3) is 3.61. The van der Waals surface area contributed by atoms with Crippen LogP contribution in [-0.2, 0) is 9.59 Å². The molecule has 25 heavy (non-hydrogen) atoms. The molecule has 0 N–H and O–H groups in total. The quantitative estimate of drug-likeness (QED) is 0.652. The molecule has 0 fully saturated rings. The molecule has 2 aromatic rings. The van der Waals surface area contributed by atoms with E-state index in [-0.39, 0.29) is 17.1 Å². The number of carbonyl (C=O) groups excluding carboxylic acids is 2. The summed E-state index contributed by atoms with van der Waals surface area (Å²) in [4.78, 5) is 27.7. The largest absolute Gasteiger partial charge is 0.272 e. The van der Waals surface area contributed by atoms with Crippen molar-refractivity contribution in [1.29, 1.82) is 0 Å². The lowest BCUT2D eigenvalue weighted by Gasteiger charge is -2.15. The molecule has 0 saturated heterocycles. The monoisotopic (exact) mass is 391 g/mol. The summed E-state index contributed by atoms with van der Waals surface area (Å²) in [6, 6.07) is 13.6. The predicted molar refractivity (Wildman–Crippen MR) is 105 cm³/mol. The SMILES string of the molecule is CC(C)SC1=C(c2ccc(Cl)cc2)C(=O)N(c2ccc(Cl)cc2)C1=O. The van der Waals surface area contributed by atoms with Crippen molar-refractivity contribution in [1.82, 2.24) is 0 Å². The summed E-state index contributed by atoms with van der Waals surface area (Å²) in [5, 5.41) is 1.29. The molecule has 0 aromatic heterocycles. The smallest absolute Gasteiger partial charge is 0.268 e. The second kappa shape index (κ2) is 7.24. The van der Waals surface area contributed by atoms with E-state index in [1.165, 1.54) is 16.7 Å². The van der Waals surface area contributed by atoms with Crippen LogP contribution in [0.25, 0.3) is 5.57 Å². The zero-order valence-electron chi connectivity index (χ0n) is 13.6. The third-order valence-electron chi connectivity index (χ3n) is 3.61. The minimum absolute atomic E-state index is 0.166. The molecular formula is C19H15Cl2NO2S. The molecule has 6 heteroatoms. The highest BCUT2D eigenvalue weighted by Crippen LogP contribution is 2.40. The molecule has 0 radical (unpaired) electrons. The molecule has 1 aliphatic rings. The van der Waals surface area contributed by atoms with Gasteiger partial charge in [0.1, 0.15) is 0 Å². The summed E-state index contributed by atoms with van der Waals surface area (Å²) in [6.45, 7) is 3.97. The Morgan fingerprint density at radius 2 is 1.36 bits per heavy atom. The summed E-state index contributed by atoms with van der Waals surface area (Å²) in [5.74, 6) is -0.645. The maximum atomic E-state index is 13.0. The number of hydrogen-bond acceptors (Lipinski definition) is 3. The molecule has 0 unspecified atom stereocenters. The third-order valence-corrected chi connectivity index (χ3v) is 5.20. The molecule has 0 spiro atoms. The van der Waals surface area contributed by atoms with E-state index in [1.54, 1.807) is 48.5 Å². The van der Waals surface area contributed by atoms with Crippen LogP contribution in [0.4, 0.5) is 5.69 Å². The van der Waals surface area contributed by atoms with Crippen LogP contribution in [-0.4, -0.2) is 17.1 Å². The van der Waals surface area contributed by atoms with Crippen LogP contribution in [0.5, 0.6) is 0 Å². The standard InChI is InChI=1S/C19H15Cl2NO2S/c1-11(2)25-17-16(12-3-5-13(20)6-4-12)18(23)22(19(17)24)15-9-7-14(21)8-10-15/h3-11H,1-2H3. The first-order valence-corrected chi connectivity index (χ1v) is 9.33. The minimum atomic E-state index is -0.335. The molecule has 2 aromatic carbocycles. The molecule has 0 atom stereocenters. The Kier molecular flexibility index (Phi) is 5.23. The molecular weight excluding hydrogens is 377 g/mol. The number of anilines is 1. The molecule has 2 amide bonds. The summed E-state index contributed by atoms with van der Waals surface area (Å²) in [6.07, 6.45) is 0. The fourth-order valence-electron chi connectivity index (χ4n) is 2.55. The van der Waals surface area contributed by atoms with Crippen LogP contribution >= 0.6 is 35.0 Å². The number of imide groups is 1. The van der Waals surface area contributed by atoms with Gasteiger partial charge in [-0.2, -0.15) is 0 Å². The van der Waals surface area contributed by atoms with E-state index in [1.807, 2.05) is 13.8 Å². The highest BCUT2D eigenvalue weighted by molar-refractivity contribution is 8.04. The van der Waals surface area contributed by atoms with Crippen molar-refractivity contribution in [3.8, 4) is 0 Å². The summed E-state index contributed by atoms with van der Waals surface area (Å²) >= 11 is 13.3. The van der Waals surface area contributed by atoms with Crippen LogP contribution in [0.15, 0.2) is 53.4 Å². The first-order valence-electron chi connectivity index (χ1n) is 7.69. The summed E-state index contributed by atoms with van der Waals surface area (Å²) in [5.41, 5.74) is 1.60. The summed E-state index contributed by atoms with van der Waals surface area (Å²) < 4.78 is 0. The number of nitrogens with zero attached hydrogens (tertiary/aromatic N) is 1. The van der Waals surface area contributed by atoms with E-state index < -0.39 is 0 Å². The van der Waals surface area contributed by atoms with Crippen molar-refractivity contribution in [2.24, 2.45) is 0 Å². The molecule has 1 heterocycles. The van der Waals surface area contributed by atoms with E-state index in [9.17, 15) is 9.59 Å². The highest BCUT2D eigenvalue weighted by atomic mass is 35.5. The first-order chi connectivity index (χ1) is 11.9. The predicted octanol–water partition coefficient (Wildman–Crippen LogP) is 5.42. The van der Waals surface area contributed by atoms with Gasteiger partial charge in [-0.15, -0.1) is 11.8 Å². The number of halogens is 2. The number of carbonyl (C=O) groups is 2. The van der Waals surface area contributed by atoms with Gasteiger partial charge in [0.05, 0.1) is 16.2 Å². The van der Waals surface area contributed by atoms with Crippen molar-refractivity contribution in [3.63, 3.8) is 0 Å². The Morgan fingerprint density at radius 3 is 1.88 bits per heavy atom. The van der Waals surface area contributed by atoms with Gasteiger partial charge in [-0.25, -0.2) is 4.90 Å². The maximum absolute atomic E-state index is 13.0. The zero-order valence-corrected chi connectivity index (χ0v) is 16.0. The molecule has 3 nitrogen and oxygen atoms in total. The van der Waals surface area contributed by atoms with Gasteiger partial charge in [-0.05, 0) is 42.0 Å². The molecule has 0 saturated carbocycles. The summed E-state index contributed by atoms with van der Waals surface area (Å²) in [7, 11) is 0. The lowest BCUT2D eigenvalue weighted by molar-refractivity contribution is -0.119. The normalized spacial score (nSPS) is 14.8. The fourth-order valence-corrected chi connectivity index (χ4v) is 3.79. The second-order valence-corrected chi connectivity index (χ2v) is 8.26. The average Bonchev–Trinajstić information content (AvgIpc) is 2.80. The van der Waals surface area contributed by atoms with Crippen LogP contribution in [0.1, 0.15) is 19.4 Å². The van der Waals surface area contributed by atoms with Crippen molar-refractivity contribution < 1.29 is 9.59 Å². The first kappa shape index (κ1) is 18.1. The molecule has 0 aliphatic carbocycles. The van der Waals surface area contributed by atoms with Gasteiger partial charge in [0, 0.05) is 15.3 Å². The van der Waals surface area contributed by atoms with Gasteiger partial charge in [-0.1, -0.05) is 49.2 Å². The van der Waals surface area contributed by atoms with E-state index >= 15 is 0 Å². The van der Waals surface area contributed by atoms with Gasteiger partial charge in [0.25, 0.3) is 11.8 Å². The number of rotatable bonds is 4.